The van der Waals surface area contributed by atoms with Gasteiger partial charge in [-0.1, -0.05) is 5.16 Å². The smallest absolute Gasteiger partial charge is 0.267 e. The Morgan fingerprint density at radius 1 is 1.39 bits per heavy atom. The molecule has 144 valence electrons. The molecule has 9 heteroatoms. The van der Waals surface area contributed by atoms with E-state index in [9.17, 15) is 9.59 Å². The topological polar surface area (TPSA) is 115 Å². The lowest BCUT2D eigenvalue weighted by Gasteiger charge is -2.07. The first-order chi connectivity index (χ1) is 13.6. The van der Waals surface area contributed by atoms with Gasteiger partial charge < -0.3 is 19.6 Å². The second-order valence-electron chi connectivity index (χ2n) is 6.45. The molecular formula is C19H19N5O4. The van der Waals surface area contributed by atoms with Crippen LogP contribution in [-0.2, 0) is 17.8 Å². The Labute approximate surface area is 159 Å². The van der Waals surface area contributed by atoms with Crippen LogP contribution in [0.2, 0.25) is 0 Å². The highest BCUT2D eigenvalue weighted by Gasteiger charge is 2.14. The Bertz CT molecular complexity index is 1220. The second kappa shape index (κ2) is 7.18. The summed E-state index contributed by atoms with van der Waals surface area (Å²) in [5, 5.41) is 7.92. The number of aryl methyl sites for hydroxylation is 1. The predicted molar refractivity (Wildman–Crippen MR) is 102 cm³/mol. The van der Waals surface area contributed by atoms with Gasteiger partial charge in [0.1, 0.15) is 24.0 Å². The number of benzene rings is 1. The zero-order valence-corrected chi connectivity index (χ0v) is 15.5. The molecule has 0 aliphatic heterocycles. The Kier molecular flexibility index (Phi) is 4.56. The van der Waals surface area contributed by atoms with E-state index in [-0.39, 0.29) is 23.7 Å². The van der Waals surface area contributed by atoms with Crippen LogP contribution in [0.3, 0.4) is 0 Å². The van der Waals surface area contributed by atoms with Gasteiger partial charge in [0.25, 0.3) is 11.3 Å². The van der Waals surface area contributed by atoms with Crippen molar-refractivity contribution in [2.75, 3.05) is 13.7 Å². The number of carbonyl (C=O) groups excluding carboxylic acids is 1. The summed E-state index contributed by atoms with van der Waals surface area (Å²) in [6.07, 6.45) is 3.87. The van der Waals surface area contributed by atoms with E-state index in [1.165, 1.54) is 10.9 Å². The van der Waals surface area contributed by atoms with Gasteiger partial charge in [0.05, 0.1) is 12.8 Å². The molecule has 0 aliphatic rings. The fraction of sp³-hybridized carbons (Fsp3) is 0.263. The number of nitrogens with zero attached hydrogens (tertiary/aromatic N) is 3. The summed E-state index contributed by atoms with van der Waals surface area (Å²) in [6, 6.07) is 5.81. The first-order valence-electron chi connectivity index (χ1n) is 8.79. The number of methoxy groups -OCH3 is 1. The van der Waals surface area contributed by atoms with Crippen molar-refractivity contribution >= 4 is 27.9 Å². The third-order valence-electron chi connectivity index (χ3n) is 4.64. The molecule has 0 aliphatic carbocycles. The fourth-order valence-electron chi connectivity index (χ4n) is 3.16. The van der Waals surface area contributed by atoms with Crippen LogP contribution < -0.4 is 15.6 Å². The van der Waals surface area contributed by atoms with Crippen molar-refractivity contribution in [1.82, 2.24) is 25.0 Å². The van der Waals surface area contributed by atoms with Gasteiger partial charge in [-0.25, -0.2) is 4.98 Å². The molecule has 3 aromatic heterocycles. The Morgan fingerprint density at radius 3 is 3.07 bits per heavy atom. The number of fused-ring (bicyclic) bond motifs is 2. The van der Waals surface area contributed by atoms with Crippen LogP contribution >= 0.6 is 0 Å². The quantitative estimate of drug-likeness (QED) is 0.524. The van der Waals surface area contributed by atoms with E-state index in [4.69, 9.17) is 9.26 Å². The van der Waals surface area contributed by atoms with Crippen LogP contribution in [0.15, 0.2) is 40.0 Å². The van der Waals surface area contributed by atoms with Gasteiger partial charge in [-0.3, -0.25) is 14.2 Å². The number of aromatic amines is 1. The standard InChI is InChI=1S/C19H19N5O4/c1-11-17-18(28-23-11)22-10-24(19(17)26)9-16(25)20-6-5-12-8-21-15-4-3-13(27-2)7-14(12)15/h3-4,7-8,10,21H,5-6,9H2,1-2H3,(H,20,25). The van der Waals surface area contributed by atoms with Gasteiger partial charge in [-0.05, 0) is 37.1 Å². The highest BCUT2D eigenvalue weighted by molar-refractivity contribution is 5.84. The third kappa shape index (κ3) is 3.22. The van der Waals surface area contributed by atoms with E-state index in [0.717, 1.165) is 22.2 Å². The zero-order chi connectivity index (χ0) is 19.7. The molecule has 9 nitrogen and oxygen atoms in total. The molecule has 0 fully saturated rings. The third-order valence-corrected chi connectivity index (χ3v) is 4.64. The summed E-state index contributed by atoms with van der Waals surface area (Å²) in [4.78, 5) is 31.9. The Morgan fingerprint density at radius 2 is 2.25 bits per heavy atom. The molecule has 0 radical (unpaired) electrons. The first kappa shape index (κ1) is 17.8. The SMILES string of the molecule is COc1ccc2[nH]cc(CCNC(=O)Cn3cnc4onc(C)c4c3=O)c2c1. The molecule has 3 heterocycles. The van der Waals surface area contributed by atoms with Gasteiger partial charge in [0, 0.05) is 23.6 Å². The predicted octanol–water partition coefficient (Wildman–Crippen LogP) is 1.54. The number of H-pyrrole nitrogens is 1. The number of hydrogen-bond acceptors (Lipinski definition) is 6. The zero-order valence-electron chi connectivity index (χ0n) is 15.5. The number of rotatable bonds is 6. The number of hydrogen-bond donors (Lipinski definition) is 2. The van der Waals surface area contributed by atoms with E-state index < -0.39 is 0 Å². The summed E-state index contributed by atoms with van der Waals surface area (Å²) in [5.41, 5.74) is 2.38. The van der Waals surface area contributed by atoms with E-state index in [0.29, 0.717) is 24.0 Å². The van der Waals surface area contributed by atoms with Crippen LogP contribution in [0.1, 0.15) is 11.3 Å². The van der Waals surface area contributed by atoms with Gasteiger partial charge in [0.2, 0.25) is 5.91 Å². The molecule has 0 saturated carbocycles. The minimum Gasteiger partial charge on any atom is -0.497 e. The lowest BCUT2D eigenvalue weighted by Crippen LogP contribution is -2.33. The normalized spacial score (nSPS) is 11.2. The molecule has 4 aromatic rings. The maximum atomic E-state index is 12.4. The number of carbonyl (C=O) groups is 1. The number of ether oxygens (including phenoxy) is 1. The minimum absolute atomic E-state index is 0.117. The van der Waals surface area contributed by atoms with Crippen molar-refractivity contribution < 1.29 is 14.1 Å². The van der Waals surface area contributed by atoms with Crippen molar-refractivity contribution in [2.24, 2.45) is 0 Å². The largest absolute Gasteiger partial charge is 0.497 e. The summed E-state index contributed by atoms with van der Waals surface area (Å²) in [6.45, 7) is 1.99. The van der Waals surface area contributed by atoms with Crippen molar-refractivity contribution in [3.8, 4) is 5.75 Å². The highest BCUT2D eigenvalue weighted by Crippen LogP contribution is 2.23. The van der Waals surface area contributed by atoms with Gasteiger partial charge in [-0.2, -0.15) is 0 Å². The average Bonchev–Trinajstić information content (AvgIpc) is 3.27. The molecule has 0 saturated heterocycles. The van der Waals surface area contributed by atoms with Gasteiger partial charge in [0.15, 0.2) is 0 Å². The van der Waals surface area contributed by atoms with E-state index in [1.807, 2.05) is 24.4 Å². The lowest BCUT2D eigenvalue weighted by molar-refractivity contribution is -0.121. The minimum atomic E-state index is -0.345. The molecule has 0 bridgehead atoms. The maximum Gasteiger partial charge on any atom is 0.267 e. The molecular weight excluding hydrogens is 362 g/mol. The summed E-state index contributed by atoms with van der Waals surface area (Å²) in [5.74, 6) is 0.512. The van der Waals surface area contributed by atoms with Crippen molar-refractivity contribution in [3.05, 3.63) is 52.3 Å². The van der Waals surface area contributed by atoms with Crippen LogP contribution in [0, 0.1) is 6.92 Å². The van der Waals surface area contributed by atoms with Crippen molar-refractivity contribution in [1.29, 1.82) is 0 Å². The van der Waals surface area contributed by atoms with E-state index in [2.05, 4.69) is 20.4 Å². The first-order valence-corrected chi connectivity index (χ1v) is 8.79. The van der Waals surface area contributed by atoms with Crippen LogP contribution in [0.5, 0.6) is 5.75 Å². The summed E-state index contributed by atoms with van der Waals surface area (Å²) >= 11 is 0. The Hall–Kier alpha value is -3.62. The molecule has 1 aromatic carbocycles. The van der Waals surface area contributed by atoms with Crippen LogP contribution in [-0.4, -0.2) is 39.3 Å². The molecule has 28 heavy (non-hydrogen) atoms. The molecule has 0 spiro atoms. The monoisotopic (exact) mass is 381 g/mol. The number of nitrogens with one attached hydrogen (secondary N) is 2. The molecule has 4 rings (SSSR count). The summed E-state index contributed by atoms with van der Waals surface area (Å²) < 4.78 is 11.5. The van der Waals surface area contributed by atoms with Crippen LogP contribution in [0.4, 0.5) is 0 Å². The number of aromatic nitrogens is 4. The van der Waals surface area contributed by atoms with Crippen LogP contribution in [0.25, 0.3) is 22.0 Å². The molecule has 0 unspecified atom stereocenters. The van der Waals surface area contributed by atoms with Gasteiger partial charge >= 0.3 is 0 Å². The Balaban J connectivity index is 1.41. The average molecular weight is 381 g/mol. The maximum absolute atomic E-state index is 12.4. The molecule has 1 amide bonds. The van der Waals surface area contributed by atoms with Crippen molar-refractivity contribution in [3.63, 3.8) is 0 Å². The molecule has 2 N–H and O–H groups in total. The van der Waals surface area contributed by atoms with Gasteiger partial charge in [-0.15, -0.1) is 0 Å². The fourth-order valence-corrected chi connectivity index (χ4v) is 3.16. The number of amides is 1. The summed E-state index contributed by atoms with van der Waals surface area (Å²) in [7, 11) is 1.63. The van der Waals surface area contributed by atoms with Crippen molar-refractivity contribution in [2.45, 2.75) is 19.9 Å². The van der Waals surface area contributed by atoms with E-state index >= 15 is 0 Å². The highest BCUT2D eigenvalue weighted by atomic mass is 16.5. The second-order valence-corrected chi connectivity index (χ2v) is 6.45. The molecule has 0 atom stereocenters. The van der Waals surface area contributed by atoms with E-state index in [1.54, 1.807) is 14.0 Å². The lowest BCUT2D eigenvalue weighted by atomic mass is 10.1.